The summed E-state index contributed by atoms with van der Waals surface area (Å²) in [6, 6.07) is 3.68. The lowest BCUT2D eigenvalue weighted by atomic mass is 9.93. The van der Waals surface area contributed by atoms with E-state index in [2.05, 4.69) is 25.4 Å². The number of amidine groups is 1. The zero-order valence-electron chi connectivity index (χ0n) is 25.6. The number of methoxy groups -OCH3 is 1. The van der Waals surface area contributed by atoms with Gasteiger partial charge in [0.2, 0.25) is 11.8 Å². The van der Waals surface area contributed by atoms with Crippen molar-refractivity contribution >= 4 is 23.6 Å². The van der Waals surface area contributed by atoms with Gasteiger partial charge >= 0.3 is 18.4 Å². The molecule has 0 saturated heterocycles. The fourth-order valence-electron chi connectivity index (χ4n) is 5.28. The highest BCUT2D eigenvalue weighted by Gasteiger charge is 2.39. The van der Waals surface area contributed by atoms with E-state index >= 15 is 0 Å². The van der Waals surface area contributed by atoms with Crippen LogP contribution in [0.3, 0.4) is 0 Å². The van der Waals surface area contributed by atoms with E-state index in [1.807, 2.05) is 6.92 Å². The molecule has 2 atom stereocenters. The molecule has 4 N–H and O–H groups in total. The molecule has 0 fully saturated rings. The number of pyridine rings is 1. The molecule has 0 spiro atoms. The Morgan fingerprint density at radius 2 is 1.79 bits per heavy atom. The Kier molecular flexibility index (Phi) is 10.7. The predicted molar refractivity (Wildman–Crippen MR) is 158 cm³/mol. The summed E-state index contributed by atoms with van der Waals surface area (Å²) in [6.07, 6.45) is -8.70. The molecule has 0 saturated carbocycles. The molecule has 1 aromatic carbocycles. The molecule has 1 amide bonds. The second-order valence-corrected chi connectivity index (χ2v) is 10.7. The summed E-state index contributed by atoms with van der Waals surface area (Å²) in [6.45, 7) is 3.74. The molecule has 0 aliphatic carbocycles. The van der Waals surface area contributed by atoms with E-state index in [0.29, 0.717) is 41.9 Å². The monoisotopic (exact) mass is 669 g/mol. The molecule has 1 aliphatic rings. The number of benzene rings is 1. The number of halogens is 6. The Labute approximate surface area is 265 Å². The molecule has 3 aromatic rings. The third-order valence-electron chi connectivity index (χ3n) is 7.54. The van der Waals surface area contributed by atoms with Crippen molar-refractivity contribution in [3.63, 3.8) is 0 Å². The van der Waals surface area contributed by atoms with Gasteiger partial charge in [-0.3, -0.25) is 4.90 Å². The molecule has 4 rings (SSSR count). The molecule has 0 radical (unpaired) electrons. The van der Waals surface area contributed by atoms with E-state index in [9.17, 15) is 31.1 Å². The number of aryl methyl sites for hydroxylation is 1. The van der Waals surface area contributed by atoms with Crippen LogP contribution in [0.5, 0.6) is 5.88 Å². The quantitative estimate of drug-likeness (QED) is 0.0725. The second-order valence-electron chi connectivity index (χ2n) is 10.7. The summed E-state index contributed by atoms with van der Waals surface area (Å²) < 4.78 is 92.1. The van der Waals surface area contributed by atoms with Crippen molar-refractivity contribution in [3.05, 3.63) is 70.2 Å². The SMILES string of the molecule is CCOC(=O)N1c2ccc(OC)nc2[C@@H](Nc2ncc(CC/C(N)=N/O)c(Cc3cc(C(F)(F)F)cc(C(F)(F)F)c3)n2)C[C@H]1CC. The van der Waals surface area contributed by atoms with Crippen LogP contribution in [0.1, 0.15) is 72.8 Å². The van der Waals surface area contributed by atoms with Gasteiger partial charge in [-0.25, -0.2) is 19.7 Å². The van der Waals surface area contributed by atoms with Crippen molar-refractivity contribution in [2.24, 2.45) is 10.9 Å². The highest BCUT2D eigenvalue weighted by molar-refractivity contribution is 5.90. The minimum atomic E-state index is -5.03. The normalized spacial score (nSPS) is 16.9. The smallest absolute Gasteiger partial charge is 0.416 e. The van der Waals surface area contributed by atoms with Crippen molar-refractivity contribution in [3.8, 4) is 5.88 Å². The van der Waals surface area contributed by atoms with Crippen molar-refractivity contribution in [1.82, 2.24) is 15.0 Å². The average Bonchev–Trinajstić information content (AvgIpc) is 3.02. The fraction of sp³-hybridized carbons (Fsp3) is 0.433. The first-order chi connectivity index (χ1) is 22.2. The molecule has 254 valence electrons. The summed E-state index contributed by atoms with van der Waals surface area (Å²) in [5, 5.41) is 15.0. The Morgan fingerprint density at radius 3 is 2.36 bits per heavy atom. The Bertz CT molecular complexity index is 1580. The standard InChI is InChI=1S/C30H33F6N7O4/c1-4-20-14-22(26-23(7-9-25(41-26)46-3)43(20)28(44)47-5-2)40-27-38-15-17(6-8-24(37)42-45)21(39-27)12-16-10-18(29(31,32)33)13-19(11-16)30(34,35)36/h7,9-11,13,15,20,22,45H,4-6,8,12,14H2,1-3H3,(H2,37,42)(H,38,39,40)/t20-,22+/m1/s1. The van der Waals surface area contributed by atoms with Crippen molar-refractivity contribution in [2.75, 3.05) is 23.9 Å². The number of rotatable bonds is 10. The van der Waals surface area contributed by atoms with Gasteiger partial charge in [0.25, 0.3) is 0 Å². The third-order valence-corrected chi connectivity index (χ3v) is 7.54. The number of alkyl halides is 6. The number of amides is 1. The minimum Gasteiger partial charge on any atom is -0.481 e. The number of nitrogens with one attached hydrogen (secondary N) is 1. The molecular weight excluding hydrogens is 636 g/mol. The molecule has 1 aliphatic heterocycles. The number of carbonyl (C=O) groups is 1. The number of hydrogen-bond donors (Lipinski definition) is 3. The first-order valence-corrected chi connectivity index (χ1v) is 14.5. The first kappa shape index (κ1) is 35.0. The van der Waals surface area contributed by atoms with Crippen LogP contribution in [0.25, 0.3) is 0 Å². The zero-order chi connectivity index (χ0) is 34.5. The van der Waals surface area contributed by atoms with Crippen molar-refractivity contribution in [2.45, 2.75) is 70.4 Å². The Morgan fingerprint density at radius 1 is 1.11 bits per heavy atom. The third kappa shape index (κ3) is 8.31. The number of nitrogens with two attached hydrogens (primary N) is 1. The maximum Gasteiger partial charge on any atom is 0.416 e. The number of fused-ring (bicyclic) bond motifs is 1. The lowest BCUT2D eigenvalue weighted by Gasteiger charge is -2.39. The van der Waals surface area contributed by atoms with Gasteiger partial charge in [-0.05, 0) is 61.6 Å². The van der Waals surface area contributed by atoms with Crippen LogP contribution in [0, 0.1) is 0 Å². The average molecular weight is 670 g/mol. The number of nitrogens with zero attached hydrogens (tertiary/aromatic N) is 5. The van der Waals surface area contributed by atoms with E-state index < -0.39 is 42.0 Å². The number of anilines is 2. The van der Waals surface area contributed by atoms with Gasteiger partial charge in [0, 0.05) is 31.1 Å². The number of oxime groups is 1. The molecule has 0 unspecified atom stereocenters. The largest absolute Gasteiger partial charge is 0.481 e. The first-order valence-electron chi connectivity index (χ1n) is 14.5. The van der Waals surface area contributed by atoms with Crippen LogP contribution in [0.2, 0.25) is 0 Å². The van der Waals surface area contributed by atoms with E-state index in [1.165, 1.54) is 18.2 Å². The van der Waals surface area contributed by atoms with Crippen LogP contribution in [0.15, 0.2) is 41.7 Å². The molecule has 17 heteroatoms. The zero-order valence-corrected chi connectivity index (χ0v) is 25.6. The number of ether oxygens (including phenoxy) is 2. The summed E-state index contributed by atoms with van der Waals surface area (Å²) in [5.74, 6) is 0.127. The lowest BCUT2D eigenvalue weighted by Crippen LogP contribution is -2.46. The highest BCUT2D eigenvalue weighted by atomic mass is 19.4. The van der Waals surface area contributed by atoms with Gasteiger partial charge < -0.3 is 25.7 Å². The van der Waals surface area contributed by atoms with E-state index in [0.717, 1.165) is 0 Å². The Balaban J connectivity index is 1.77. The number of carbonyl (C=O) groups excluding carboxylic acids is 1. The maximum atomic E-state index is 13.6. The van der Waals surface area contributed by atoms with Crippen molar-refractivity contribution < 1.29 is 45.8 Å². The molecule has 2 aromatic heterocycles. The fourth-order valence-corrected chi connectivity index (χ4v) is 5.28. The van der Waals surface area contributed by atoms with E-state index in [4.69, 9.17) is 20.4 Å². The minimum absolute atomic E-state index is 0.00979. The highest BCUT2D eigenvalue weighted by Crippen LogP contribution is 2.40. The summed E-state index contributed by atoms with van der Waals surface area (Å²) in [5.41, 5.74) is 3.76. The lowest BCUT2D eigenvalue weighted by molar-refractivity contribution is -0.143. The topological polar surface area (TPSA) is 148 Å². The van der Waals surface area contributed by atoms with Crippen LogP contribution in [-0.2, 0) is 29.9 Å². The second kappa shape index (κ2) is 14.3. The van der Waals surface area contributed by atoms with Gasteiger partial charge in [-0.2, -0.15) is 26.3 Å². The maximum absolute atomic E-state index is 13.6. The number of aromatic nitrogens is 3. The van der Waals surface area contributed by atoms with Crippen LogP contribution >= 0.6 is 0 Å². The van der Waals surface area contributed by atoms with Gasteiger partial charge in [-0.1, -0.05) is 12.1 Å². The number of hydrogen-bond acceptors (Lipinski definition) is 9. The van der Waals surface area contributed by atoms with E-state index in [-0.39, 0.29) is 60.5 Å². The van der Waals surface area contributed by atoms with Gasteiger partial charge in [-0.15, -0.1) is 0 Å². The molecule has 0 bridgehead atoms. The predicted octanol–water partition coefficient (Wildman–Crippen LogP) is 6.49. The molecule has 47 heavy (non-hydrogen) atoms. The summed E-state index contributed by atoms with van der Waals surface area (Å²) in [7, 11) is 1.43. The molecular formula is C30H33F6N7O4. The van der Waals surface area contributed by atoms with E-state index in [1.54, 1.807) is 19.1 Å². The van der Waals surface area contributed by atoms with Gasteiger partial charge in [0.1, 0.15) is 5.84 Å². The Hall–Kier alpha value is -4.83. The summed E-state index contributed by atoms with van der Waals surface area (Å²) >= 11 is 0. The van der Waals surface area contributed by atoms with Gasteiger partial charge in [0.15, 0.2) is 0 Å². The van der Waals surface area contributed by atoms with Gasteiger partial charge in [0.05, 0.1) is 48.0 Å². The van der Waals surface area contributed by atoms with Crippen molar-refractivity contribution in [1.29, 1.82) is 0 Å². The van der Waals surface area contributed by atoms with Crippen LogP contribution in [0.4, 0.5) is 42.8 Å². The van der Waals surface area contributed by atoms with Crippen LogP contribution in [-0.4, -0.2) is 51.8 Å². The molecule has 3 heterocycles. The molecule has 11 nitrogen and oxygen atoms in total. The summed E-state index contributed by atoms with van der Waals surface area (Å²) in [4.78, 5) is 27.9. The van der Waals surface area contributed by atoms with Crippen LogP contribution < -0.4 is 20.7 Å².